The fourth-order valence-electron chi connectivity index (χ4n) is 4.00. The van der Waals surface area contributed by atoms with E-state index in [1.54, 1.807) is 0 Å². The zero-order valence-electron chi connectivity index (χ0n) is 13.4. The summed E-state index contributed by atoms with van der Waals surface area (Å²) in [4.78, 5) is 12.5. The molecule has 0 radical (unpaired) electrons. The number of rotatable bonds is 4. The van der Waals surface area contributed by atoms with Crippen LogP contribution in [0.15, 0.2) is 24.3 Å². The van der Waals surface area contributed by atoms with Crippen molar-refractivity contribution in [1.29, 1.82) is 0 Å². The van der Waals surface area contributed by atoms with Crippen molar-refractivity contribution in [3.63, 3.8) is 0 Å². The summed E-state index contributed by atoms with van der Waals surface area (Å²) in [5.74, 6) is 1.80. The summed E-state index contributed by atoms with van der Waals surface area (Å²) in [5, 5.41) is 3.17. The Morgan fingerprint density at radius 2 is 2.18 bits per heavy atom. The molecular weight excluding hydrogens is 276 g/mol. The number of hydrogen-bond donors (Lipinski definition) is 2. The van der Waals surface area contributed by atoms with Crippen molar-refractivity contribution >= 4 is 5.91 Å². The third-order valence-electron chi connectivity index (χ3n) is 5.33. The standard InChI is InChI=1S/C18H26N2O2/c1-11-14-7-3-4-9-16(14)22-17(11)12(2)20-18(21)15-8-5-6-13(15)10-19/h3-4,7,9,11-13,15,17H,5-6,8,10,19H2,1-2H3,(H,20,21)/t11?,12?,13-,15-,17?/m1/s1. The van der Waals surface area contributed by atoms with Crippen LogP contribution in [0.2, 0.25) is 0 Å². The van der Waals surface area contributed by atoms with E-state index < -0.39 is 0 Å². The van der Waals surface area contributed by atoms with Crippen LogP contribution in [0.5, 0.6) is 5.75 Å². The Morgan fingerprint density at radius 1 is 1.41 bits per heavy atom. The first-order valence-corrected chi connectivity index (χ1v) is 8.38. The van der Waals surface area contributed by atoms with Gasteiger partial charge < -0.3 is 15.8 Å². The van der Waals surface area contributed by atoms with Crippen LogP contribution in [0.25, 0.3) is 0 Å². The minimum Gasteiger partial charge on any atom is -0.487 e. The summed E-state index contributed by atoms with van der Waals surface area (Å²) in [5.41, 5.74) is 7.02. The van der Waals surface area contributed by atoms with Gasteiger partial charge in [-0.25, -0.2) is 0 Å². The maximum atomic E-state index is 12.5. The van der Waals surface area contributed by atoms with Gasteiger partial charge in [-0.3, -0.25) is 4.79 Å². The molecule has 1 heterocycles. The van der Waals surface area contributed by atoms with Gasteiger partial charge in [0.25, 0.3) is 0 Å². The minimum absolute atomic E-state index is 0.000852. The summed E-state index contributed by atoms with van der Waals surface area (Å²) in [6.07, 6.45) is 3.14. The van der Waals surface area contributed by atoms with Gasteiger partial charge in [0.2, 0.25) is 5.91 Å². The van der Waals surface area contributed by atoms with Crippen molar-refractivity contribution in [2.24, 2.45) is 17.6 Å². The lowest BCUT2D eigenvalue weighted by atomic mass is 9.92. The Balaban J connectivity index is 1.63. The average Bonchev–Trinajstić information content (AvgIpc) is 3.12. The molecule has 3 unspecified atom stereocenters. The molecule has 1 amide bonds. The summed E-state index contributed by atoms with van der Waals surface area (Å²) in [6, 6.07) is 8.13. The van der Waals surface area contributed by atoms with Crippen LogP contribution < -0.4 is 15.8 Å². The van der Waals surface area contributed by atoms with Gasteiger partial charge >= 0.3 is 0 Å². The number of carbonyl (C=O) groups excluding carboxylic acids is 1. The van der Waals surface area contributed by atoms with E-state index in [0.29, 0.717) is 18.4 Å². The second-order valence-electron chi connectivity index (χ2n) is 6.74. The van der Waals surface area contributed by atoms with E-state index >= 15 is 0 Å². The highest BCUT2D eigenvalue weighted by molar-refractivity contribution is 5.79. The van der Waals surface area contributed by atoms with Gasteiger partial charge in [-0.05, 0) is 38.3 Å². The van der Waals surface area contributed by atoms with E-state index in [1.807, 2.05) is 25.1 Å². The summed E-state index contributed by atoms with van der Waals surface area (Å²) < 4.78 is 6.06. The molecule has 3 rings (SSSR count). The molecule has 1 aromatic rings. The number of fused-ring (bicyclic) bond motifs is 1. The first kappa shape index (κ1) is 15.3. The Bertz CT molecular complexity index is 546. The van der Waals surface area contributed by atoms with E-state index in [1.165, 1.54) is 5.56 Å². The summed E-state index contributed by atoms with van der Waals surface area (Å²) >= 11 is 0. The molecule has 0 bridgehead atoms. The molecule has 0 saturated heterocycles. The van der Waals surface area contributed by atoms with Crippen molar-refractivity contribution in [2.75, 3.05) is 6.54 Å². The Morgan fingerprint density at radius 3 is 2.91 bits per heavy atom. The zero-order chi connectivity index (χ0) is 15.7. The average molecular weight is 302 g/mol. The first-order chi connectivity index (χ1) is 10.6. The van der Waals surface area contributed by atoms with Crippen LogP contribution in [0.1, 0.15) is 44.6 Å². The van der Waals surface area contributed by atoms with Gasteiger partial charge in [0.1, 0.15) is 11.9 Å². The smallest absolute Gasteiger partial charge is 0.223 e. The van der Waals surface area contributed by atoms with Crippen molar-refractivity contribution in [2.45, 2.75) is 51.2 Å². The normalized spacial score (nSPS) is 31.4. The van der Waals surface area contributed by atoms with E-state index in [4.69, 9.17) is 10.5 Å². The lowest BCUT2D eigenvalue weighted by molar-refractivity contribution is -0.127. The predicted octanol–water partition coefficient (Wildman–Crippen LogP) is 2.43. The number of carbonyl (C=O) groups is 1. The molecule has 120 valence electrons. The van der Waals surface area contributed by atoms with E-state index in [0.717, 1.165) is 25.0 Å². The van der Waals surface area contributed by atoms with Crippen LogP contribution in [0.4, 0.5) is 0 Å². The Labute approximate surface area is 132 Å². The molecule has 1 aliphatic heterocycles. The van der Waals surface area contributed by atoms with Gasteiger partial charge in [-0.2, -0.15) is 0 Å². The van der Waals surface area contributed by atoms with Crippen LogP contribution in [0.3, 0.4) is 0 Å². The molecule has 22 heavy (non-hydrogen) atoms. The molecule has 1 aliphatic carbocycles. The maximum Gasteiger partial charge on any atom is 0.223 e. The van der Waals surface area contributed by atoms with E-state index in [9.17, 15) is 4.79 Å². The molecule has 5 atom stereocenters. The largest absolute Gasteiger partial charge is 0.487 e. The molecule has 4 heteroatoms. The van der Waals surface area contributed by atoms with Gasteiger partial charge in [0.05, 0.1) is 6.04 Å². The molecule has 0 aromatic heterocycles. The molecular formula is C18H26N2O2. The Kier molecular flexibility index (Phi) is 4.39. The number of hydrogen-bond acceptors (Lipinski definition) is 3. The van der Waals surface area contributed by atoms with Crippen molar-refractivity contribution in [3.05, 3.63) is 29.8 Å². The monoisotopic (exact) mass is 302 g/mol. The van der Waals surface area contributed by atoms with Gasteiger partial charge in [-0.15, -0.1) is 0 Å². The summed E-state index contributed by atoms with van der Waals surface area (Å²) in [6.45, 7) is 4.81. The van der Waals surface area contributed by atoms with Crippen molar-refractivity contribution < 1.29 is 9.53 Å². The number of ether oxygens (including phenoxy) is 1. The van der Waals surface area contributed by atoms with Gasteiger partial charge in [-0.1, -0.05) is 31.5 Å². The molecule has 1 aromatic carbocycles. The van der Waals surface area contributed by atoms with Gasteiger partial charge in [0.15, 0.2) is 0 Å². The highest BCUT2D eigenvalue weighted by Crippen LogP contribution is 2.39. The quantitative estimate of drug-likeness (QED) is 0.898. The SMILES string of the molecule is CC(NC(=O)[C@@H]1CCC[C@@H]1CN)C1Oc2ccccc2C1C. The highest BCUT2D eigenvalue weighted by Gasteiger charge is 2.38. The minimum atomic E-state index is -0.00563. The number of benzene rings is 1. The topological polar surface area (TPSA) is 64.4 Å². The summed E-state index contributed by atoms with van der Waals surface area (Å²) in [7, 11) is 0. The fraction of sp³-hybridized carbons (Fsp3) is 0.611. The molecule has 0 spiro atoms. The van der Waals surface area contributed by atoms with Crippen LogP contribution in [0, 0.1) is 11.8 Å². The molecule has 4 nitrogen and oxygen atoms in total. The third-order valence-corrected chi connectivity index (χ3v) is 5.33. The van der Waals surface area contributed by atoms with Crippen molar-refractivity contribution in [1.82, 2.24) is 5.32 Å². The number of para-hydroxylation sites is 1. The molecule has 1 saturated carbocycles. The second-order valence-corrected chi connectivity index (χ2v) is 6.74. The fourth-order valence-corrected chi connectivity index (χ4v) is 4.00. The maximum absolute atomic E-state index is 12.5. The third kappa shape index (κ3) is 2.72. The highest BCUT2D eigenvalue weighted by atomic mass is 16.5. The lowest BCUT2D eigenvalue weighted by Crippen LogP contribution is -2.47. The van der Waals surface area contributed by atoms with Crippen LogP contribution in [-0.2, 0) is 4.79 Å². The Hall–Kier alpha value is -1.55. The lowest BCUT2D eigenvalue weighted by Gasteiger charge is -2.26. The number of nitrogens with two attached hydrogens (primary N) is 1. The first-order valence-electron chi connectivity index (χ1n) is 8.38. The molecule has 3 N–H and O–H groups in total. The second kappa shape index (κ2) is 6.29. The van der Waals surface area contributed by atoms with Gasteiger partial charge in [0, 0.05) is 17.4 Å². The number of nitrogens with one attached hydrogen (secondary N) is 1. The molecule has 2 aliphatic rings. The zero-order valence-corrected chi connectivity index (χ0v) is 13.4. The van der Waals surface area contributed by atoms with E-state index in [2.05, 4.69) is 18.3 Å². The van der Waals surface area contributed by atoms with Crippen LogP contribution >= 0.6 is 0 Å². The van der Waals surface area contributed by atoms with Crippen LogP contribution in [-0.4, -0.2) is 24.6 Å². The number of amides is 1. The predicted molar refractivity (Wildman–Crippen MR) is 86.8 cm³/mol. The molecule has 1 fully saturated rings. The van der Waals surface area contributed by atoms with Crippen molar-refractivity contribution in [3.8, 4) is 5.75 Å². The van der Waals surface area contributed by atoms with E-state index in [-0.39, 0.29) is 24.0 Å².